The molecule has 74 valence electrons. The van der Waals surface area contributed by atoms with E-state index in [2.05, 4.69) is 24.4 Å². The minimum atomic E-state index is 0.789. The van der Waals surface area contributed by atoms with Crippen LogP contribution in [0.4, 0.5) is 0 Å². The van der Waals surface area contributed by atoms with Gasteiger partial charge in [-0.05, 0) is 11.6 Å². The maximum atomic E-state index is 3.62. The third-order valence-corrected chi connectivity index (χ3v) is 3.72. The van der Waals surface area contributed by atoms with Gasteiger partial charge in [-0.2, -0.15) is 0 Å². The molecule has 0 aromatic carbocycles. The first-order valence-corrected chi connectivity index (χ1v) is 5.71. The van der Waals surface area contributed by atoms with Gasteiger partial charge in [-0.1, -0.05) is 38.5 Å². The second-order valence-electron chi connectivity index (χ2n) is 4.93. The van der Waals surface area contributed by atoms with Crippen molar-refractivity contribution in [2.45, 2.75) is 50.2 Å². The molecule has 2 saturated heterocycles. The van der Waals surface area contributed by atoms with E-state index < -0.39 is 0 Å². The zero-order valence-electron chi connectivity index (χ0n) is 8.92. The zero-order valence-corrected chi connectivity index (χ0v) is 8.92. The van der Waals surface area contributed by atoms with Gasteiger partial charge in [-0.15, -0.1) is 0 Å². The van der Waals surface area contributed by atoms with Crippen LogP contribution in [0.5, 0.6) is 0 Å². The molecule has 13 heavy (non-hydrogen) atoms. The smallest absolute Gasteiger partial charge is 0.243 e. The summed E-state index contributed by atoms with van der Waals surface area (Å²) in [5.74, 6) is 1.93. The van der Waals surface area contributed by atoms with Crippen molar-refractivity contribution in [1.82, 2.24) is 10.3 Å². The summed E-state index contributed by atoms with van der Waals surface area (Å²) in [6, 6.07) is 0. The summed E-state index contributed by atoms with van der Waals surface area (Å²) in [6.07, 6.45) is 8.79. The number of hydrazine groups is 1. The van der Waals surface area contributed by atoms with Gasteiger partial charge in [-0.3, -0.25) is 10.3 Å². The second kappa shape index (κ2) is 4.01. The molecule has 1 N–H and O–H groups in total. The molecule has 2 aliphatic rings. The third-order valence-electron chi connectivity index (χ3n) is 3.72. The van der Waals surface area contributed by atoms with Crippen LogP contribution in [0.2, 0.25) is 11.6 Å². The van der Waals surface area contributed by atoms with Gasteiger partial charge in [0.25, 0.3) is 0 Å². The zero-order chi connectivity index (χ0) is 9.26. The van der Waals surface area contributed by atoms with Crippen LogP contribution in [0.25, 0.3) is 0 Å². The van der Waals surface area contributed by atoms with E-state index in [1.165, 1.54) is 38.5 Å². The lowest BCUT2D eigenvalue weighted by Crippen LogP contribution is -2.51. The summed E-state index contributed by atoms with van der Waals surface area (Å²) in [5.41, 5.74) is 0. The molecule has 0 aromatic rings. The van der Waals surface area contributed by atoms with Crippen LogP contribution in [0.1, 0.15) is 38.5 Å². The molecule has 2 fully saturated rings. The van der Waals surface area contributed by atoms with E-state index >= 15 is 0 Å². The number of nitrogens with zero attached hydrogens (tertiary/aromatic N) is 1. The molecule has 2 rings (SSSR count). The van der Waals surface area contributed by atoms with E-state index in [-0.39, 0.29) is 0 Å². The fourth-order valence-corrected chi connectivity index (χ4v) is 3.19. The van der Waals surface area contributed by atoms with Crippen molar-refractivity contribution in [3.63, 3.8) is 0 Å². The highest BCUT2D eigenvalue weighted by molar-refractivity contribution is 6.59. The maximum Gasteiger partial charge on any atom is 0.243 e. The quantitative estimate of drug-likeness (QED) is 0.517. The van der Waals surface area contributed by atoms with Gasteiger partial charge in [-0.25, -0.2) is 0 Å². The number of hydrogen-bond donors (Lipinski definition) is 1. The van der Waals surface area contributed by atoms with E-state index in [0.717, 1.165) is 18.5 Å². The normalized spacial score (nSPS) is 33.9. The Morgan fingerprint density at radius 3 is 1.85 bits per heavy atom. The van der Waals surface area contributed by atoms with Gasteiger partial charge < -0.3 is 0 Å². The molecule has 2 nitrogen and oxygen atoms in total. The van der Waals surface area contributed by atoms with E-state index in [0.29, 0.717) is 0 Å². The van der Waals surface area contributed by atoms with Gasteiger partial charge in [0, 0.05) is 14.1 Å². The molecule has 2 aliphatic heterocycles. The molecule has 0 spiro atoms. The summed E-state index contributed by atoms with van der Waals surface area (Å²) in [6.45, 7) is 0.789. The van der Waals surface area contributed by atoms with Crippen LogP contribution in [-0.2, 0) is 0 Å². The molecule has 0 atom stereocenters. The first kappa shape index (κ1) is 9.54. The molecule has 0 aromatic heterocycles. The van der Waals surface area contributed by atoms with Crippen LogP contribution >= 0.6 is 0 Å². The lowest BCUT2D eigenvalue weighted by atomic mass is 9.35. The molecule has 2 bridgehead atoms. The van der Waals surface area contributed by atoms with Crippen LogP contribution in [0.15, 0.2) is 0 Å². The Kier molecular flexibility index (Phi) is 2.94. The SMILES string of the molecule is CN(C)NB1C2CCCC1CCC2. The lowest BCUT2D eigenvalue weighted by molar-refractivity contribution is 0.336. The van der Waals surface area contributed by atoms with E-state index in [1.807, 2.05) is 0 Å². The number of hydrogen-bond acceptors (Lipinski definition) is 2. The predicted molar refractivity (Wildman–Crippen MR) is 57.8 cm³/mol. The van der Waals surface area contributed by atoms with Gasteiger partial charge in [0.2, 0.25) is 6.85 Å². The molecule has 0 amide bonds. The van der Waals surface area contributed by atoms with Crippen LogP contribution in [0.3, 0.4) is 0 Å². The highest BCUT2D eigenvalue weighted by Gasteiger charge is 2.39. The standard InChI is InChI=1S/C10H21BN2/c1-13(2)12-11-9-5-3-6-10(11)8-4-7-9/h9-10,12H,3-8H2,1-2H3. The Hall–Kier alpha value is -0.0151. The van der Waals surface area contributed by atoms with Crippen LogP contribution in [-0.4, -0.2) is 26.0 Å². The van der Waals surface area contributed by atoms with Crippen molar-refractivity contribution in [2.24, 2.45) is 0 Å². The third kappa shape index (κ3) is 2.08. The molecule has 3 heteroatoms. The average Bonchev–Trinajstić information content (AvgIpc) is 2.02. The van der Waals surface area contributed by atoms with E-state index in [9.17, 15) is 0 Å². The van der Waals surface area contributed by atoms with Crippen molar-refractivity contribution in [3.05, 3.63) is 0 Å². The van der Waals surface area contributed by atoms with Crippen LogP contribution < -0.4 is 5.34 Å². The Labute approximate surface area is 82.1 Å². The first-order chi connectivity index (χ1) is 6.27. The molecule has 0 aliphatic carbocycles. The summed E-state index contributed by atoms with van der Waals surface area (Å²) >= 11 is 0. The van der Waals surface area contributed by atoms with Crippen molar-refractivity contribution in [1.29, 1.82) is 0 Å². The minimum Gasteiger partial charge on any atom is -0.294 e. The fourth-order valence-electron chi connectivity index (χ4n) is 3.19. The topological polar surface area (TPSA) is 15.3 Å². The second-order valence-corrected chi connectivity index (χ2v) is 4.93. The average molecular weight is 180 g/mol. The highest BCUT2D eigenvalue weighted by Crippen LogP contribution is 2.45. The first-order valence-electron chi connectivity index (χ1n) is 5.71. The number of rotatable bonds is 2. The number of fused-ring (bicyclic) bond motifs is 2. The summed E-state index contributed by atoms with van der Waals surface area (Å²) in [7, 11) is 4.23. The van der Waals surface area contributed by atoms with E-state index in [1.54, 1.807) is 0 Å². The van der Waals surface area contributed by atoms with Gasteiger partial charge in [0.15, 0.2) is 0 Å². The van der Waals surface area contributed by atoms with Gasteiger partial charge in [0.05, 0.1) is 0 Å². The Morgan fingerprint density at radius 2 is 1.46 bits per heavy atom. The molecule has 0 radical (unpaired) electrons. The summed E-state index contributed by atoms with van der Waals surface area (Å²) in [5, 5.41) is 5.76. The van der Waals surface area contributed by atoms with Crippen molar-refractivity contribution in [2.75, 3.05) is 14.1 Å². The summed E-state index contributed by atoms with van der Waals surface area (Å²) < 4.78 is 0. The molecule has 0 unspecified atom stereocenters. The Bertz CT molecular complexity index is 150. The predicted octanol–water partition coefficient (Wildman–Crippen LogP) is 2.15. The molecular weight excluding hydrogens is 159 g/mol. The molecule has 2 heterocycles. The van der Waals surface area contributed by atoms with E-state index in [4.69, 9.17) is 0 Å². The summed E-state index contributed by atoms with van der Waals surface area (Å²) in [4.78, 5) is 0. The minimum absolute atomic E-state index is 0.789. The largest absolute Gasteiger partial charge is 0.294 e. The number of nitrogens with one attached hydrogen (secondary N) is 1. The lowest BCUT2D eigenvalue weighted by Gasteiger charge is -2.41. The van der Waals surface area contributed by atoms with Crippen molar-refractivity contribution >= 4 is 6.85 Å². The van der Waals surface area contributed by atoms with Crippen LogP contribution in [0, 0.1) is 0 Å². The van der Waals surface area contributed by atoms with Gasteiger partial charge in [0.1, 0.15) is 0 Å². The van der Waals surface area contributed by atoms with Crippen molar-refractivity contribution in [3.8, 4) is 0 Å². The molecular formula is C10H21BN2. The molecule has 0 saturated carbocycles. The Balaban J connectivity index is 1.98. The maximum absolute atomic E-state index is 3.62. The Morgan fingerprint density at radius 1 is 1.00 bits per heavy atom. The van der Waals surface area contributed by atoms with Gasteiger partial charge >= 0.3 is 0 Å². The monoisotopic (exact) mass is 180 g/mol. The highest BCUT2D eigenvalue weighted by atomic mass is 15.4. The fraction of sp³-hybridized carbons (Fsp3) is 1.00. The van der Waals surface area contributed by atoms with Crippen molar-refractivity contribution < 1.29 is 0 Å².